The van der Waals surface area contributed by atoms with E-state index >= 15 is 0 Å². The topological polar surface area (TPSA) is 96.8 Å². The Hall–Kier alpha value is -2.83. The van der Waals surface area contributed by atoms with Gasteiger partial charge in [-0.25, -0.2) is 9.98 Å². The van der Waals surface area contributed by atoms with Gasteiger partial charge in [-0.15, -0.1) is 0 Å². The number of benzene rings is 1. The fourth-order valence-electron chi connectivity index (χ4n) is 3.38. The molecule has 1 aromatic heterocycles. The van der Waals surface area contributed by atoms with E-state index in [1.807, 2.05) is 37.3 Å². The van der Waals surface area contributed by atoms with E-state index in [1.54, 1.807) is 6.26 Å². The summed E-state index contributed by atoms with van der Waals surface area (Å²) in [5, 5.41) is 3.34. The van der Waals surface area contributed by atoms with Gasteiger partial charge in [0.2, 0.25) is 11.8 Å². The van der Waals surface area contributed by atoms with Crippen LogP contribution >= 0.6 is 0 Å². The summed E-state index contributed by atoms with van der Waals surface area (Å²) in [6.07, 6.45) is 4.15. The van der Waals surface area contributed by atoms with Gasteiger partial charge < -0.3 is 20.4 Å². The zero-order valence-electron chi connectivity index (χ0n) is 15.7. The van der Waals surface area contributed by atoms with Crippen LogP contribution in [0, 0.1) is 5.92 Å². The second-order valence-corrected chi connectivity index (χ2v) is 6.80. The van der Waals surface area contributed by atoms with Crippen LogP contribution in [0.15, 0.2) is 46.0 Å². The number of oxazole rings is 1. The van der Waals surface area contributed by atoms with Crippen LogP contribution in [-0.4, -0.2) is 41.4 Å². The molecule has 1 fully saturated rings. The first-order valence-electron chi connectivity index (χ1n) is 9.47. The van der Waals surface area contributed by atoms with Crippen LogP contribution in [-0.2, 0) is 11.3 Å². The van der Waals surface area contributed by atoms with E-state index < -0.39 is 0 Å². The van der Waals surface area contributed by atoms with Gasteiger partial charge in [-0.3, -0.25) is 4.79 Å². The van der Waals surface area contributed by atoms with Crippen LogP contribution in [0.5, 0.6) is 0 Å². The third-order valence-electron chi connectivity index (χ3n) is 4.61. The van der Waals surface area contributed by atoms with Crippen LogP contribution < -0.4 is 11.1 Å². The second kappa shape index (κ2) is 9.21. The van der Waals surface area contributed by atoms with Crippen molar-refractivity contribution in [3.05, 3.63) is 42.3 Å². The van der Waals surface area contributed by atoms with Crippen LogP contribution in [0.1, 0.15) is 31.9 Å². The summed E-state index contributed by atoms with van der Waals surface area (Å²) in [5.41, 5.74) is 7.10. The van der Waals surface area contributed by atoms with Crippen molar-refractivity contribution in [3.8, 4) is 11.5 Å². The van der Waals surface area contributed by atoms with Crippen molar-refractivity contribution >= 4 is 11.9 Å². The second-order valence-electron chi connectivity index (χ2n) is 6.80. The van der Waals surface area contributed by atoms with Crippen molar-refractivity contribution < 1.29 is 9.21 Å². The van der Waals surface area contributed by atoms with Crippen LogP contribution in [0.2, 0.25) is 0 Å². The highest BCUT2D eigenvalue weighted by molar-refractivity contribution is 5.80. The molecule has 27 heavy (non-hydrogen) atoms. The Labute approximate surface area is 159 Å². The maximum Gasteiger partial charge on any atom is 0.226 e. The van der Waals surface area contributed by atoms with Crippen LogP contribution in [0.3, 0.4) is 0 Å². The number of hydrogen-bond donors (Lipinski definition) is 2. The molecule has 1 saturated heterocycles. The number of hydrogen-bond acceptors (Lipinski definition) is 4. The zero-order chi connectivity index (χ0) is 19.1. The van der Waals surface area contributed by atoms with Gasteiger partial charge in [-0.2, -0.15) is 0 Å². The molecular formula is C20H27N5O2. The van der Waals surface area contributed by atoms with E-state index in [4.69, 9.17) is 15.1 Å². The minimum absolute atomic E-state index is 0.236. The molecule has 1 atom stereocenters. The highest BCUT2D eigenvalue weighted by atomic mass is 16.3. The van der Waals surface area contributed by atoms with E-state index in [0.717, 1.165) is 49.7 Å². The van der Waals surface area contributed by atoms with E-state index in [2.05, 4.69) is 15.2 Å². The minimum Gasteiger partial charge on any atom is -0.444 e. The van der Waals surface area contributed by atoms with Crippen molar-refractivity contribution in [3.63, 3.8) is 0 Å². The smallest absolute Gasteiger partial charge is 0.226 e. The lowest BCUT2D eigenvalue weighted by molar-refractivity contribution is -0.119. The summed E-state index contributed by atoms with van der Waals surface area (Å²) >= 11 is 0. The lowest BCUT2D eigenvalue weighted by Gasteiger charge is -2.34. The van der Waals surface area contributed by atoms with Crippen LogP contribution in [0.25, 0.3) is 11.5 Å². The van der Waals surface area contributed by atoms with Gasteiger partial charge in [-0.05, 0) is 37.8 Å². The summed E-state index contributed by atoms with van der Waals surface area (Å²) in [4.78, 5) is 22.7. The SMILES string of the molecule is CCNC(=NCc1coc(-c2ccccc2)n1)N1CCCC(CC(N)=O)C1. The molecule has 1 amide bonds. The molecule has 3 N–H and O–H groups in total. The van der Waals surface area contributed by atoms with Gasteiger partial charge in [0, 0.05) is 31.6 Å². The highest BCUT2D eigenvalue weighted by Gasteiger charge is 2.23. The Kier molecular flexibility index (Phi) is 6.46. The number of guanidine groups is 1. The molecule has 0 spiro atoms. The number of primary amides is 1. The van der Waals surface area contributed by atoms with Crippen molar-refractivity contribution in [2.24, 2.45) is 16.6 Å². The van der Waals surface area contributed by atoms with Crippen molar-refractivity contribution in [1.82, 2.24) is 15.2 Å². The Balaban J connectivity index is 1.67. The number of carbonyl (C=O) groups excluding carboxylic acids is 1. The lowest BCUT2D eigenvalue weighted by atomic mass is 9.95. The quantitative estimate of drug-likeness (QED) is 0.602. The molecular weight excluding hydrogens is 342 g/mol. The predicted molar refractivity (Wildman–Crippen MR) is 105 cm³/mol. The Morgan fingerprint density at radius 1 is 1.41 bits per heavy atom. The summed E-state index contributed by atoms with van der Waals surface area (Å²) in [7, 11) is 0. The maximum absolute atomic E-state index is 11.2. The number of nitrogens with one attached hydrogen (secondary N) is 1. The van der Waals surface area contributed by atoms with Crippen molar-refractivity contribution in [2.75, 3.05) is 19.6 Å². The molecule has 144 valence electrons. The number of amides is 1. The molecule has 1 aliphatic rings. The first-order valence-corrected chi connectivity index (χ1v) is 9.47. The molecule has 1 aliphatic heterocycles. The number of nitrogens with zero attached hydrogens (tertiary/aromatic N) is 3. The number of piperidine rings is 1. The van der Waals surface area contributed by atoms with E-state index in [1.165, 1.54) is 0 Å². The molecule has 1 unspecified atom stereocenters. The van der Waals surface area contributed by atoms with Gasteiger partial charge in [0.25, 0.3) is 0 Å². The monoisotopic (exact) mass is 369 g/mol. The third-order valence-corrected chi connectivity index (χ3v) is 4.61. The van der Waals surface area contributed by atoms with Gasteiger partial charge in [-0.1, -0.05) is 18.2 Å². The Morgan fingerprint density at radius 3 is 2.96 bits per heavy atom. The Morgan fingerprint density at radius 2 is 2.22 bits per heavy atom. The summed E-state index contributed by atoms with van der Waals surface area (Å²) in [5.74, 6) is 1.50. The molecule has 0 bridgehead atoms. The number of aliphatic imine (C=N–C) groups is 1. The molecule has 7 nitrogen and oxygen atoms in total. The van der Waals surface area contributed by atoms with Crippen molar-refractivity contribution in [2.45, 2.75) is 32.7 Å². The van der Waals surface area contributed by atoms with Gasteiger partial charge in [0.05, 0.1) is 6.54 Å². The largest absolute Gasteiger partial charge is 0.444 e. The standard InChI is InChI=1S/C20H27N5O2/c1-2-22-20(25-10-6-7-15(13-25)11-18(21)26)23-12-17-14-27-19(24-17)16-8-4-3-5-9-16/h3-5,8-9,14-15H,2,6-7,10-13H2,1H3,(H2,21,26)(H,22,23). The number of nitrogens with two attached hydrogens (primary N) is 1. The molecule has 1 aromatic carbocycles. The van der Waals surface area contributed by atoms with Gasteiger partial charge in [0.1, 0.15) is 12.0 Å². The number of carbonyl (C=O) groups is 1. The normalized spacial score (nSPS) is 17.7. The molecule has 0 radical (unpaired) electrons. The summed E-state index contributed by atoms with van der Waals surface area (Å²) in [6.45, 7) is 4.99. The first-order chi connectivity index (χ1) is 13.2. The molecule has 2 aromatic rings. The van der Waals surface area contributed by atoms with Crippen molar-refractivity contribution in [1.29, 1.82) is 0 Å². The first kappa shape index (κ1) is 18.9. The fourth-order valence-corrected chi connectivity index (χ4v) is 3.38. The summed E-state index contributed by atoms with van der Waals surface area (Å²) < 4.78 is 5.58. The van der Waals surface area contributed by atoms with Crippen LogP contribution in [0.4, 0.5) is 0 Å². The van der Waals surface area contributed by atoms with E-state index in [0.29, 0.717) is 18.9 Å². The number of rotatable bonds is 6. The van der Waals surface area contributed by atoms with Gasteiger partial charge >= 0.3 is 0 Å². The molecule has 0 aliphatic carbocycles. The third kappa shape index (κ3) is 5.32. The highest BCUT2D eigenvalue weighted by Crippen LogP contribution is 2.20. The number of likely N-dealkylation sites (tertiary alicyclic amines) is 1. The van der Waals surface area contributed by atoms with E-state index in [9.17, 15) is 4.79 Å². The average Bonchev–Trinajstić information content (AvgIpc) is 3.14. The lowest BCUT2D eigenvalue weighted by Crippen LogP contribution is -2.47. The van der Waals surface area contributed by atoms with E-state index in [-0.39, 0.29) is 11.8 Å². The average molecular weight is 369 g/mol. The number of aromatic nitrogens is 1. The molecule has 7 heteroatoms. The Bertz CT molecular complexity index is 772. The minimum atomic E-state index is -0.236. The zero-order valence-corrected chi connectivity index (χ0v) is 15.7. The predicted octanol–water partition coefficient (Wildman–Crippen LogP) is 2.39. The molecule has 0 saturated carbocycles. The van der Waals surface area contributed by atoms with Gasteiger partial charge in [0.15, 0.2) is 5.96 Å². The fraction of sp³-hybridized carbons (Fsp3) is 0.450. The summed E-state index contributed by atoms with van der Waals surface area (Å²) in [6, 6.07) is 9.81. The maximum atomic E-state index is 11.2. The molecule has 3 rings (SSSR count). The molecule has 2 heterocycles.